The molecule has 0 amide bonds. The lowest BCUT2D eigenvalue weighted by Crippen LogP contribution is -2.14. The summed E-state index contributed by atoms with van der Waals surface area (Å²) in [5.41, 5.74) is 13.6. The number of hydrogen-bond acceptors (Lipinski definition) is 3. The van der Waals surface area contributed by atoms with Crippen molar-refractivity contribution in [1.82, 2.24) is 14.5 Å². The maximum atomic E-state index is 5.24. The van der Waals surface area contributed by atoms with E-state index in [1.54, 1.807) is 0 Å². The van der Waals surface area contributed by atoms with Crippen LogP contribution in [0, 0.1) is 0 Å². The number of benzene rings is 7. The van der Waals surface area contributed by atoms with Crippen molar-refractivity contribution in [2.45, 2.75) is 12.5 Å². The van der Waals surface area contributed by atoms with E-state index in [1.165, 1.54) is 49.5 Å². The first kappa shape index (κ1) is 27.4. The average Bonchev–Trinajstić information content (AvgIpc) is 3.50. The van der Waals surface area contributed by atoms with Crippen LogP contribution in [0.1, 0.15) is 28.3 Å². The van der Waals surface area contributed by atoms with Gasteiger partial charge in [0.2, 0.25) is 0 Å². The van der Waals surface area contributed by atoms with Gasteiger partial charge < -0.3 is 9.47 Å². The van der Waals surface area contributed by atoms with Crippen LogP contribution in [0.15, 0.2) is 152 Å². The lowest BCUT2D eigenvalue weighted by Gasteiger charge is -2.31. The summed E-state index contributed by atoms with van der Waals surface area (Å²) in [5, 5.41) is 6.39. The minimum atomic E-state index is -0.0294. The van der Waals surface area contributed by atoms with Crippen molar-refractivity contribution in [3.05, 3.63) is 174 Å². The van der Waals surface area contributed by atoms with Crippen LogP contribution in [0.25, 0.3) is 66.8 Å². The summed E-state index contributed by atoms with van der Waals surface area (Å²) in [4.78, 5) is 12.8. The monoisotopic (exact) mass is 638 g/mol. The fourth-order valence-corrected chi connectivity index (χ4v) is 8.56. The number of para-hydroxylation sites is 5. The van der Waals surface area contributed by atoms with Gasteiger partial charge in [0.05, 0.1) is 28.3 Å². The van der Waals surface area contributed by atoms with E-state index in [0.29, 0.717) is 0 Å². The van der Waals surface area contributed by atoms with Crippen LogP contribution in [0.3, 0.4) is 0 Å². The molecule has 2 heterocycles. The molecule has 0 N–H and O–H groups in total. The predicted molar refractivity (Wildman–Crippen MR) is 209 cm³/mol. The van der Waals surface area contributed by atoms with Gasteiger partial charge in [0.15, 0.2) is 5.65 Å². The van der Waals surface area contributed by atoms with Crippen LogP contribution >= 0.6 is 0 Å². The highest BCUT2D eigenvalue weighted by Crippen LogP contribution is 2.49. The molecule has 0 saturated carbocycles. The number of allylic oxidation sites excluding steroid dienone is 2. The maximum Gasteiger partial charge on any atom is 0.161 e. The van der Waals surface area contributed by atoms with Gasteiger partial charge in [-0.3, -0.25) is 0 Å². The molecule has 234 valence electrons. The van der Waals surface area contributed by atoms with Gasteiger partial charge in [0, 0.05) is 22.3 Å². The Morgan fingerprint density at radius 3 is 2.04 bits per heavy atom. The molecule has 0 fully saturated rings. The van der Waals surface area contributed by atoms with E-state index in [4.69, 9.17) is 9.97 Å². The highest BCUT2D eigenvalue weighted by molar-refractivity contribution is 6.19. The minimum Gasteiger partial charge on any atom is -0.313 e. The Morgan fingerprint density at radius 1 is 0.560 bits per heavy atom. The van der Waals surface area contributed by atoms with Gasteiger partial charge in [-0.15, -0.1) is 0 Å². The smallest absolute Gasteiger partial charge is 0.161 e. The summed E-state index contributed by atoms with van der Waals surface area (Å²) in [6, 6.07) is 49.7. The second kappa shape index (κ2) is 10.5. The Bertz CT molecular complexity index is 2860. The number of aromatic nitrogens is 3. The second-order valence-electron chi connectivity index (χ2n) is 13.3. The molecule has 7 aromatic carbocycles. The van der Waals surface area contributed by atoms with Gasteiger partial charge in [0.25, 0.3) is 0 Å². The van der Waals surface area contributed by atoms with Crippen molar-refractivity contribution in [1.29, 1.82) is 0 Å². The number of anilines is 3. The van der Waals surface area contributed by atoms with Crippen LogP contribution in [0.2, 0.25) is 0 Å². The van der Waals surface area contributed by atoms with Crippen molar-refractivity contribution in [2.24, 2.45) is 0 Å². The van der Waals surface area contributed by atoms with E-state index >= 15 is 0 Å². The van der Waals surface area contributed by atoms with Crippen molar-refractivity contribution in [3.8, 4) is 0 Å². The van der Waals surface area contributed by atoms with Crippen LogP contribution in [0.5, 0.6) is 0 Å². The van der Waals surface area contributed by atoms with Gasteiger partial charge in [-0.1, -0.05) is 115 Å². The lowest BCUT2D eigenvalue weighted by molar-refractivity contribution is 0.752. The summed E-state index contributed by atoms with van der Waals surface area (Å²) < 4.78 is 2.40. The molecule has 9 aromatic rings. The highest BCUT2D eigenvalue weighted by Gasteiger charge is 2.29. The van der Waals surface area contributed by atoms with Crippen LogP contribution in [-0.2, 0) is 6.42 Å². The molecule has 0 saturated heterocycles. The highest BCUT2D eigenvalue weighted by atomic mass is 15.1. The average molecular weight is 639 g/mol. The Balaban J connectivity index is 1.17. The Labute approximate surface area is 288 Å². The standard InChI is InChI=1S/C46H30N4/c1-3-13-29(14-4-1)49(30-15-5-2-6-16-30)41-27-25-33-32-19-12-21-36-42(28-26-34(44(32)36)31-18-11-20-35(41)43(31)33)50-40-24-10-7-17-37(40)45-46(50)48-39-23-9-8-22-38(39)47-45/h1-17,19-28,42H,18H2. The van der Waals surface area contributed by atoms with Crippen molar-refractivity contribution in [2.75, 3.05) is 4.90 Å². The third-order valence-corrected chi connectivity index (χ3v) is 10.6. The zero-order valence-electron chi connectivity index (χ0n) is 27.2. The lowest BCUT2D eigenvalue weighted by atomic mass is 9.80. The van der Waals surface area contributed by atoms with Gasteiger partial charge in [0.1, 0.15) is 5.52 Å². The third kappa shape index (κ3) is 3.81. The van der Waals surface area contributed by atoms with E-state index in [1.807, 2.05) is 12.1 Å². The zero-order valence-corrected chi connectivity index (χ0v) is 27.2. The van der Waals surface area contributed by atoms with E-state index in [2.05, 4.69) is 161 Å². The van der Waals surface area contributed by atoms with Crippen LogP contribution < -0.4 is 4.90 Å². The van der Waals surface area contributed by atoms with Crippen molar-refractivity contribution >= 4 is 83.9 Å². The molecule has 4 nitrogen and oxygen atoms in total. The summed E-state index contributed by atoms with van der Waals surface area (Å²) in [7, 11) is 0. The quantitative estimate of drug-likeness (QED) is 0.180. The van der Waals surface area contributed by atoms with Gasteiger partial charge in [-0.2, -0.15) is 0 Å². The summed E-state index contributed by atoms with van der Waals surface area (Å²) in [6.07, 6.45) is 10.3. The molecule has 4 heteroatoms. The molecule has 2 aromatic heterocycles. The fourth-order valence-electron chi connectivity index (χ4n) is 8.56. The molecule has 1 unspecified atom stereocenters. The number of nitrogens with zero attached hydrogens (tertiary/aromatic N) is 4. The fraction of sp³-hybridized carbons (Fsp3) is 0.0435. The summed E-state index contributed by atoms with van der Waals surface area (Å²) in [5.74, 6) is 0. The summed E-state index contributed by atoms with van der Waals surface area (Å²) in [6.45, 7) is 0. The van der Waals surface area contributed by atoms with Gasteiger partial charge >= 0.3 is 0 Å². The largest absolute Gasteiger partial charge is 0.313 e. The summed E-state index contributed by atoms with van der Waals surface area (Å²) >= 11 is 0. The number of rotatable bonds is 4. The molecular formula is C46H30N4. The molecule has 0 radical (unpaired) electrons. The Hall–Kier alpha value is -6.52. The topological polar surface area (TPSA) is 34.0 Å². The molecule has 2 aliphatic carbocycles. The molecule has 0 aliphatic heterocycles. The van der Waals surface area contributed by atoms with E-state index in [-0.39, 0.29) is 6.04 Å². The predicted octanol–water partition coefficient (Wildman–Crippen LogP) is 11.7. The third-order valence-electron chi connectivity index (χ3n) is 10.6. The van der Waals surface area contributed by atoms with E-state index in [0.717, 1.165) is 50.9 Å². The second-order valence-corrected chi connectivity index (χ2v) is 13.3. The Morgan fingerprint density at radius 2 is 1.24 bits per heavy atom. The molecule has 50 heavy (non-hydrogen) atoms. The van der Waals surface area contributed by atoms with E-state index in [9.17, 15) is 0 Å². The molecule has 0 spiro atoms. The first-order valence-electron chi connectivity index (χ1n) is 17.3. The normalized spacial score (nSPS) is 14.8. The van der Waals surface area contributed by atoms with Gasteiger partial charge in [-0.05, 0) is 93.2 Å². The molecular weight excluding hydrogens is 609 g/mol. The molecule has 1 atom stereocenters. The van der Waals surface area contributed by atoms with E-state index < -0.39 is 0 Å². The minimum absolute atomic E-state index is 0.0294. The van der Waals surface area contributed by atoms with Crippen molar-refractivity contribution < 1.29 is 0 Å². The van der Waals surface area contributed by atoms with Crippen molar-refractivity contribution in [3.63, 3.8) is 0 Å². The first-order valence-corrected chi connectivity index (χ1v) is 17.3. The van der Waals surface area contributed by atoms with Gasteiger partial charge in [-0.25, -0.2) is 9.97 Å². The molecule has 2 aliphatic rings. The first-order chi connectivity index (χ1) is 24.8. The van der Waals surface area contributed by atoms with Crippen LogP contribution in [-0.4, -0.2) is 14.5 Å². The Kier molecular flexibility index (Phi) is 5.75. The molecule has 11 rings (SSSR count). The molecule has 0 bridgehead atoms. The zero-order chi connectivity index (χ0) is 32.8. The van der Waals surface area contributed by atoms with Crippen LogP contribution in [0.4, 0.5) is 17.1 Å². The maximum absolute atomic E-state index is 5.24. The number of hydrogen-bond donors (Lipinski definition) is 0. The SMILES string of the molecule is C1=Cc2c(N(c3ccccc3)c3ccccc3)ccc3c2c(c2c4c(cccc43)C(n3c4ccccc4c4nc5ccccc5nc43)C=C2)C1. The number of fused-ring (bicyclic) bond motifs is 6.